The van der Waals surface area contributed by atoms with Crippen LogP contribution in [0, 0.1) is 6.92 Å². The third-order valence-electron chi connectivity index (χ3n) is 5.30. The molecule has 0 radical (unpaired) electrons. The number of para-hydroxylation sites is 1. The Kier molecular flexibility index (Phi) is 5.99. The van der Waals surface area contributed by atoms with Crippen LogP contribution in [0.5, 0.6) is 11.5 Å². The van der Waals surface area contributed by atoms with Crippen molar-refractivity contribution < 1.29 is 14.3 Å². The summed E-state index contributed by atoms with van der Waals surface area (Å²) in [6.07, 6.45) is 0. The lowest BCUT2D eigenvalue weighted by Gasteiger charge is -2.16. The van der Waals surface area contributed by atoms with Crippen LogP contribution in [0.3, 0.4) is 0 Å². The molecule has 1 aromatic heterocycles. The molecule has 1 N–H and O–H groups in total. The van der Waals surface area contributed by atoms with E-state index in [0.29, 0.717) is 22.9 Å². The number of anilines is 1. The zero-order chi connectivity index (χ0) is 23.5. The summed E-state index contributed by atoms with van der Waals surface area (Å²) in [6, 6.07) is 18.9. The van der Waals surface area contributed by atoms with E-state index in [-0.39, 0.29) is 17.4 Å². The molecule has 168 valence electrons. The minimum absolute atomic E-state index is 0.222. The van der Waals surface area contributed by atoms with Crippen molar-refractivity contribution in [1.82, 2.24) is 9.13 Å². The molecule has 0 unspecified atom stereocenters. The Labute approximate surface area is 189 Å². The fourth-order valence-electron chi connectivity index (χ4n) is 3.63. The van der Waals surface area contributed by atoms with Crippen LogP contribution in [0.1, 0.15) is 5.56 Å². The maximum atomic E-state index is 13.5. The lowest BCUT2D eigenvalue weighted by molar-refractivity contribution is -0.116. The minimum Gasteiger partial charge on any atom is -0.493 e. The molecule has 0 aliphatic rings. The van der Waals surface area contributed by atoms with Crippen molar-refractivity contribution in [2.75, 3.05) is 19.5 Å². The van der Waals surface area contributed by atoms with Crippen LogP contribution in [-0.4, -0.2) is 29.3 Å². The van der Waals surface area contributed by atoms with E-state index in [4.69, 9.17) is 9.47 Å². The van der Waals surface area contributed by atoms with E-state index in [1.165, 1.54) is 30.9 Å². The quantitative estimate of drug-likeness (QED) is 0.492. The number of rotatable bonds is 6. The first-order valence-electron chi connectivity index (χ1n) is 10.3. The van der Waals surface area contributed by atoms with Crippen LogP contribution in [-0.2, 0) is 11.3 Å². The third kappa shape index (κ3) is 4.23. The second-order valence-electron chi connectivity index (χ2n) is 7.48. The number of nitrogens with one attached hydrogen (secondary N) is 1. The highest BCUT2D eigenvalue weighted by atomic mass is 16.5. The normalized spacial score (nSPS) is 10.8. The van der Waals surface area contributed by atoms with Gasteiger partial charge >= 0.3 is 5.69 Å². The number of fused-ring (bicyclic) bond motifs is 1. The number of aromatic nitrogens is 2. The predicted octanol–water partition coefficient (Wildman–Crippen LogP) is 3.12. The van der Waals surface area contributed by atoms with Gasteiger partial charge in [0, 0.05) is 11.8 Å². The van der Waals surface area contributed by atoms with Crippen LogP contribution < -0.4 is 26.0 Å². The van der Waals surface area contributed by atoms with E-state index < -0.39 is 17.2 Å². The van der Waals surface area contributed by atoms with Gasteiger partial charge in [-0.05, 0) is 37.3 Å². The SMILES string of the molecule is COc1cc2c(=O)n(-c3ccccc3)c(=O)n(CC(=O)Nc3ccc(C)cc3)c2cc1OC. The molecule has 1 amide bonds. The highest BCUT2D eigenvalue weighted by molar-refractivity contribution is 5.92. The largest absolute Gasteiger partial charge is 0.493 e. The number of amides is 1. The molecular weight excluding hydrogens is 422 g/mol. The van der Waals surface area contributed by atoms with Crippen LogP contribution >= 0.6 is 0 Å². The summed E-state index contributed by atoms with van der Waals surface area (Å²) in [6.45, 7) is 1.65. The van der Waals surface area contributed by atoms with Gasteiger partial charge in [-0.3, -0.25) is 14.2 Å². The highest BCUT2D eigenvalue weighted by Crippen LogP contribution is 2.30. The number of hydrogen-bond acceptors (Lipinski definition) is 5. The third-order valence-corrected chi connectivity index (χ3v) is 5.30. The highest BCUT2D eigenvalue weighted by Gasteiger charge is 2.19. The van der Waals surface area contributed by atoms with Gasteiger partial charge in [0.1, 0.15) is 6.54 Å². The molecule has 4 aromatic rings. The summed E-state index contributed by atoms with van der Waals surface area (Å²) in [5.41, 5.74) is 1.19. The first kappa shape index (κ1) is 21.9. The van der Waals surface area contributed by atoms with Crippen LogP contribution in [0.25, 0.3) is 16.6 Å². The summed E-state index contributed by atoms with van der Waals surface area (Å²) < 4.78 is 13.0. The number of carbonyl (C=O) groups is 1. The lowest BCUT2D eigenvalue weighted by atomic mass is 10.2. The summed E-state index contributed by atoms with van der Waals surface area (Å²) in [4.78, 5) is 39.7. The Hall–Kier alpha value is -4.33. The second-order valence-corrected chi connectivity index (χ2v) is 7.48. The fraction of sp³-hybridized carbons (Fsp3) is 0.160. The second kappa shape index (κ2) is 9.04. The van der Waals surface area contributed by atoms with E-state index in [1.54, 1.807) is 42.5 Å². The maximum Gasteiger partial charge on any atom is 0.336 e. The topological polar surface area (TPSA) is 91.6 Å². The molecule has 4 rings (SSSR count). The maximum absolute atomic E-state index is 13.5. The Morgan fingerprint density at radius 1 is 0.909 bits per heavy atom. The van der Waals surface area contributed by atoms with Crippen molar-refractivity contribution in [2.45, 2.75) is 13.5 Å². The van der Waals surface area contributed by atoms with Crippen LogP contribution in [0.4, 0.5) is 5.69 Å². The first-order valence-corrected chi connectivity index (χ1v) is 10.3. The van der Waals surface area contributed by atoms with E-state index >= 15 is 0 Å². The molecule has 8 nitrogen and oxygen atoms in total. The predicted molar refractivity (Wildman–Crippen MR) is 127 cm³/mol. The van der Waals surface area contributed by atoms with Gasteiger partial charge in [0.05, 0.1) is 30.8 Å². The lowest BCUT2D eigenvalue weighted by Crippen LogP contribution is -2.40. The van der Waals surface area contributed by atoms with Gasteiger partial charge in [0.25, 0.3) is 5.56 Å². The van der Waals surface area contributed by atoms with Gasteiger partial charge in [-0.15, -0.1) is 0 Å². The average Bonchev–Trinajstić information content (AvgIpc) is 2.83. The summed E-state index contributed by atoms with van der Waals surface area (Å²) in [7, 11) is 2.92. The molecule has 0 fully saturated rings. The Bertz CT molecular complexity index is 1440. The van der Waals surface area contributed by atoms with Gasteiger partial charge < -0.3 is 14.8 Å². The molecule has 0 aliphatic carbocycles. The van der Waals surface area contributed by atoms with E-state index in [0.717, 1.165) is 10.1 Å². The smallest absolute Gasteiger partial charge is 0.336 e. The molecule has 33 heavy (non-hydrogen) atoms. The summed E-state index contributed by atoms with van der Waals surface area (Å²) in [5, 5.41) is 3.01. The average molecular weight is 445 g/mol. The monoisotopic (exact) mass is 445 g/mol. The number of methoxy groups -OCH3 is 2. The van der Waals surface area contributed by atoms with Crippen LogP contribution in [0.2, 0.25) is 0 Å². The van der Waals surface area contributed by atoms with Crippen molar-refractivity contribution in [3.8, 4) is 17.2 Å². The number of aryl methyl sites for hydroxylation is 1. The molecule has 1 heterocycles. The van der Waals surface area contributed by atoms with Gasteiger partial charge in [0.2, 0.25) is 5.91 Å². The van der Waals surface area contributed by atoms with Gasteiger partial charge in [0.15, 0.2) is 11.5 Å². The van der Waals surface area contributed by atoms with Crippen molar-refractivity contribution in [1.29, 1.82) is 0 Å². The molecule has 0 atom stereocenters. The van der Waals surface area contributed by atoms with Crippen molar-refractivity contribution in [3.05, 3.63) is 93.1 Å². The molecule has 0 aliphatic heterocycles. The van der Waals surface area contributed by atoms with Crippen LogP contribution in [0.15, 0.2) is 76.3 Å². The van der Waals surface area contributed by atoms with Crippen molar-refractivity contribution >= 4 is 22.5 Å². The molecule has 0 saturated carbocycles. The van der Waals surface area contributed by atoms with Crippen molar-refractivity contribution in [3.63, 3.8) is 0 Å². The van der Waals surface area contributed by atoms with Gasteiger partial charge in [-0.1, -0.05) is 35.9 Å². The van der Waals surface area contributed by atoms with E-state index in [1.807, 2.05) is 19.1 Å². The number of ether oxygens (including phenoxy) is 2. The van der Waals surface area contributed by atoms with Gasteiger partial charge in [-0.25, -0.2) is 9.36 Å². The molecule has 0 bridgehead atoms. The zero-order valence-electron chi connectivity index (χ0n) is 18.5. The number of nitrogens with zero attached hydrogens (tertiary/aromatic N) is 2. The Morgan fingerprint density at radius 3 is 2.18 bits per heavy atom. The molecule has 0 saturated heterocycles. The standard InChI is InChI=1S/C25H23N3O5/c1-16-9-11-17(12-10-16)26-23(29)15-27-20-14-22(33-3)21(32-2)13-19(20)24(30)28(25(27)31)18-7-5-4-6-8-18/h4-14H,15H2,1-3H3,(H,26,29). The summed E-state index contributed by atoms with van der Waals surface area (Å²) in [5.74, 6) is 0.278. The molecule has 3 aromatic carbocycles. The number of carbonyl (C=O) groups excluding carboxylic acids is 1. The fourth-order valence-corrected chi connectivity index (χ4v) is 3.63. The number of benzene rings is 3. The molecular formula is C25H23N3O5. The first-order chi connectivity index (χ1) is 15.9. The Morgan fingerprint density at radius 2 is 1.55 bits per heavy atom. The van der Waals surface area contributed by atoms with E-state index in [9.17, 15) is 14.4 Å². The van der Waals surface area contributed by atoms with Crippen molar-refractivity contribution in [2.24, 2.45) is 0 Å². The molecule has 8 heteroatoms. The molecule has 0 spiro atoms. The Balaban J connectivity index is 1.90. The minimum atomic E-state index is -0.634. The zero-order valence-corrected chi connectivity index (χ0v) is 18.5. The summed E-state index contributed by atoms with van der Waals surface area (Å²) >= 11 is 0. The van der Waals surface area contributed by atoms with E-state index in [2.05, 4.69) is 5.32 Å². The number of hydrogen-bond donors (Lipinski definition) is 1. The van der Waals surface area contributed by atoms with Gasteiger partial charge in [-0.2, -0.15) is 0 Å².